The average molecular weight is 262 g/mol. The summed E-state index contributed by atoms with van der Waals surface area (Å²) in [5.41, 5.74) is 1.50. The lowest BCUT2D eigenvalue weighted by Gasteiger charge is -2.26. The Morgan fingerprint density at radius 1 is 1.42 bits per heavy atom. The Kier molecular flexibility index (Phi) is 3.19. The van der Waals surface area contributed by atoms with Gasteiger partial charge in [-0.05, 0) is 24.1 Å². The summed E-state index contributed by atoms with van der Waals surface area (Å²) >= 11 is 0. The molecule has 2 aliphatic rings. The number of carbonyl (C=O) groups excluding carboxylic acids is 1. The Bertz CT molecular complexity index is 497. The predicted octanol–water partition coefficient (Wildman–Crippen LogP) is 2.86. The maximum absolute atomic E-state index is 12.0. The molecule has 4 heteroatoms. The number of esters is 1. The fourth-order valence-corrected chi connectivity index (χ4v) is 2.91. The van der Waals surface area contributed by atoms with Crippen LogP contribution in [0, 0.1) is 0 Å². The van der Waals surface area contributed by atoms with E-state index in [9.17, 15) is 4.79 Å². The van der Waals surface area contributed by atoms with E-state index in [1.54, 1.807) is 13.2 Å². The molecule has 0 saturated carbocycles. The number of rotatable bonds is 3. The summed E-state index contributed by atoms with van der Waals surface area (Å²) in [5.74, 6) is 0.396. The van der Waals surface area contributed by atoms with Gasteiger partial charge in [-0.15, -0.1) is 0 Å². The quantitative estimate of drug-likeness (QED) is 0.786. The summed E-state index contributed by atoms with van der Waals surface area (Å²) in [6.07, 6.45) is 2.83. The van der Waals surface area contributed by atoms with Crippen LogP contribution >= 0.6 is 0 Å². The maximum atomic E-state index is 12.0. The molecule has 3 rings (SSSR count). The topological polar surface area (TPSA) is 44.8 Å². The van der Waals surface area contributed by atoms with Crippen LogP contribution in [0.3, 0.4) is 0 Å². The smallest absolute Gasteiger partial charge is 0.339 e. The Morgan fingerprint density at radius 3 is 3.00 bits per heavy atom. The maximum Gasteiger partial charge on any atom is 0.339 e. The van der Waals surface area contributed by atoms with Crippen LogP contribution in [-0.2, 0) is 9.47 Å². The van der Waals surface area contributed by atoms with Crippen LogP contribution in [0.1, 0.15) is 48.2 Å². The van der Waals surface area contributed by atoms with Crippen molar-refractivity contribution in [3.63, 3.8) is 0 Å². The highest BCUT2D eigenvalue weighted by atomic mass is 16.6. The van der Waals surface area contributed by atoms with Crippen LogP contribution in [0.25, 0.3) is 0 Å². The average Bonchev–Trinajstić information content (AvgIpc) is 2.81. The van der Waals surface area contributed by atoms with E-state index >= 15 is 0 Å². The molecule has 19 heavy (non-hydrogen) atoms. The normalized spacial score (nSPS) is 28.5. The van der Waals surface area contributed by atoms with E-state index in [4.69, 9.17) is 14.2 Å². The molecule has 1 saturated heterocycles. The van der Waals surface area contributed by atoms with Crippen LogP contribution in [0.15, 0.2) is 18.2 Å². The van der Waals surface area contributed by atoms with Crippen molar-refractivity contribution in [1.29, 1.82) is 0 Å². The summed E-state index contributed by atoms with van der Waals surface area (Å²) in [5, 5.41) is 0. The lowest BCUT2D eigenvalue weighted by Crippen LogP contribution is -2.29. The SMILES string of the molecule is CCC[C@H]1C[C@H]2OC(=O)c3cc(OC)ccc3[C@H]2O1. The van der Waals surface area contributed by atoms with E-state index in [2.05, 4.69) is 6.92 Å². The minimum Gasteiger partial charge on any atom is -0.497 e. The lowest BCUT2D eigenvalue weighted by atomic mass is 9.95. The Hall–Kier alpha value is -1.55. The molecule has 4 nitrogen and oxygen atoms in total. The summed E-state index contributed by atoms with van der Waals surface area (Å²) in [6, 6.07) is 5.51. The largest absolute Gasteiger partial charge is 0.497 e. The molecule has 0 spiro atoms. The van der Waals surface area contributed by atoms with Crippen molar-refractivity contribution >= 4 is 5.97 Å². The number of fused-ring (bicyclic) bond motifs is 3. The summed E-state index contributed by atoms with van der Waals surface area (Å²) in [4.78, 5) is 12.0. The van der Waals surface area contributed by atoms with Crippen LogP contribution in [0.4, 0.5) is 0 Å². The lowest BCUT2D eigenvalue weighted by molar-refractivity contribution is -0.0230. The van der Waals surface area contributed by atoms with Crippen LogP contribution in [0.5, 0.6) is 5.75 Å². The van der Waals surface area contributed by atoms with Crippen molar-refractivity contribution in [3.05, 3.63) is 29.3 Å². The molecule has 1 aromatic rings. The molecule has 102 valence electrons. The van der Waals surface area contributed by atoms with Crippen LogP contribution in [0.2, 0.25) is 0 Å². The number of methoxy groups -OCH3 is 1. The number of ether oxygens (including phenoxy) is 3. The molecule has 1 aromatic carbocycles. The minimum atomic E-state index is -0.268. The minimum absolute atomic E-state index is 0.116. The third-order valence-electron chi connectivity index (χ3n) is 3.83. The molecule has 3 atom stereocenters. The van der Waals surface area contributed by atoms with Gasteiger partial charge in [-0.25, -0.2) is 4.79 Å². The van der Waals surface area contributed by atoms with Crippen molar-refractivity contribution in [2.24, 2.45) is 0 Å². The molecule has 0 aromatic heterocycles. The van der Waals surface area contributed by atoms with Gasteiger partial charge in [0.1, 0.15) is 18.0 Å². The molecular formula is C15H18O4. The Labute approximate surface area is 112 Å². The van der Waals surface area contributed by atoms with Crippen LogP contribution < -0.4 is 4.74 Å². The molecule has 1 fully saturated rings. The van der Waals surface area contributed by atoms with E-state index in [-0.39, 0.29) is 24.3 Å². The molecule has 0 bridgehead atoms. The fraction of sp³-hybridized carbons (Fsp3) is 0.533. The summed E-state index contributed by atoms with van der Waals surface area (Å²) < 4.78 is 16.7. The highest BCUT2D eigenvalue weighted by Crippen LogP contribution is 2.42. The fourth-order valence-electron chi connectivity index (χ4n) is 2.91. The van der Waals surface area contributed by atoms with Gasteiger partial charge in [0.2, 0.25) is 0 Å². The predicted molar refractivity (Wildman–Crippen MR) is 69.3 cm³/mol. The first-order valence-electron chi connectivity index (χ1n) is 6.77. The monoisotopic (exact) mass is 262 g/mol. The van der Waals surface area contributed by atoms with Gasteiger partial charge in [-0.3, -0.25) is 0 Å². The zero-order valence-electron chi connectivity index (χ0n) is 11.2. The van der Waals surface area contributed by atoms with Crippen molar-refractivity contribution in [1.82, 2.24) is 0 Å². The number of benzene rings is 1. The van der Waals surface area contributed by atoms with Gasteiger partial charge in [-0.1, -0.05) is 19.4 Å². The Morgan fingerprint density at radius 2 is 2.26 bits per heavy atom. The van der Waals surface area contributed by atoms with Gasteiger partial charge in [0.15, 0.2) is 0 Å². The molecule has 0 radical (unpaired) electrons. The molecule has 0 unspecified atom stereocenters. The van der Waals surface area contributed by atoms with Gasteiger partial charge >= 0.3 is 5.97 Å². The number of carbonyl (C=O) groups is 1. The van der Waals surface area contributed by atoms with Crippen molar-refractivity contribution in [2.75, 3.05) is 7.11 Å². The summed E-state index contributed by atoms with van der Waals surface area (Å²) in [7, 11) is 1.59. The third kappa shape index (κ3) is 2.10. The molecule has 2 heterocycles. The third-order valence-corrected chi connectivity index (χ3v) is 3.83. The van der Waals surface area contributed by atoms with Crippen LogP contribution in [-0.4, -0.2) is 25.3 Å². The molecule has 2 aliphatic heterocycles. The van der Waals surface area contributed by atoms with E-state index in [0.29, 0.717) is 11.3 Å². The molecule has 0 aliphatic carbocycles. The van der Waals surface area contributed by atoms with E-state index < -0.39 is 0 Å². The summed E-state index contributed by atoms with van der Waals surface area (Å²) in [6.45, 7) is 2.14. The first-order chi connectivity index (χ1) is 9.22. The van der Waals surface area contributed by atoms with Gasteiger partial charge in [0.25, 0.3) is 0 Å². The second-order valence-electron chi connectivity index (χ2n) is 5.10. The second kappa shape index (κ2) is 4.85. The molecular weight excluding hydrogens is 244 g/mol. The second-order valence-corrected chi connectivity index (χ2v) is 5.10. The van der Waals surface area contributed by atoms with Gasteiger partial charge in [0, 0.05) is 6.42 Å². The van der Waals surface area contributed by atoms with E-state index in [1.807, 2.05) is 12.1 Å². The number of hydrogen-bond acceptors (Lipinski definition) is 4. The standard InChI is InChI=1S/C15H18O4/c1-3-4-10-8-13-14(18-10)11-6-5-9(17-2)7-12(11)15(16)19-13/h5-7,10,13-14H,3-4,8H2,1-2H3/t10-,13+,14+/m0/s1. The van der Waals surface area contributed by atoms with Crippen molar-refractivity contribution in [2.45, 2.75) is 44.5 Å². The molecule has 0 amide bonds. The van der Waals surface area contributed by atoms with E-state index in [1.165, 1.54) is 0 Å². The van der Waals surface area contributed by atoms with Crippen molar-refractivity contribution < 1.29 is 19.0 Å². The Balaban J connectivity index is 1.92. The van der Waals surface area contributed by atoms with E-state index in [0.717, 1.165) is 24.8 Å². The number of hydrogen-bond donors (Lipinski definition) is 0. The van der Waals surface area contributed by atoms with Crippen molar-refractivity contribution in [3.8, 4) is 5.75 Å². The first-order valence-corrected chi connectivity index (χ1v) is 6.77. The molecule has 0 N–H and O–H groups in total. The highest BCUT2D eigenvalue weighted by molar-refractivity contribution is 5.93. The zero-order valence-corrected chi connectivity index (χ0v) is 11.2. The van der Waals surface area contributed by atoms with Gasteiger partial charge in [0.05, 0.1) is 18.8 Å². The van der Waals surface area contributed by atoms with Gasteiger partial charge < -0.3 is 14.2 Å². The highest BCUT2D eigenvalue weighted by Gasteiger charge is 2.43. The zero-order chi connectivity index (χ0) is 13.4. The first kappa shape index (κ1) is 12.5. The van der Waals surface area contributed by atoms with Gasteiger partial charge in [-0.2, -0.15) is 0 Å².